The van der Waals surface area contributed by atoms with E-state index in [2.05, 4.69) is 4.99 Å². The molecule has 0 atom stereocenters. The zero-order valence-corrected chi connectivity index (χ0v) is 10.3. The summed E-state index contributed by atoms with van der Waals surface area (Å²) in [5, 5.41) is 0. The Morgan fingerprint density at radius 2 is 1.67 bits per heavy atom. The maximum absolute atomic E-state index is 11.9. The summed E-state index contributed by atoms with van der Waals surface area (Å²) in [5.41, 5.74) is 2.49. The first-order chi connectivity index (χ1) is 8.59. The molecule has 0 spiro atoms. The van der Waals surface area contributed by atoms with Gasteiger partial charge in [-0.1, -0.05) is 18.2 Å². The first kappa shape index (κ1) is 12.2. The van der Waals surface area contributed by atoms with E-state index in [4.69, 9.17) is 0 Å². The summed E-state index contributed by atoms with van der Waals surface area (Å²) in [4.78, 5) is 27.4. The first-order valence-corrected chi connectivity index (χ1v) is 5.68. The molecule has 18 heavy (non-hydrogen) atoms. The lowest BCUT2D eigenvalue weighted by Crippen LogP contribution is -2.12. The molecule has 90 valence electrons. The molecule has 0 aliphatic heterocycles. The highest BCUT2D eigenvalue weighted by Crippen LogP contribution is 2.15. The molecular weight excluding hydrogens is 226 g/mol. The van der Waals surface area contributed by atoms with Crippen molar-refractivity contribution in [3.05, 3.63) is 59.2 Å². The van der Waals surface area contributed by atoms with Crippen LogP contribution in [0.3, 0.4) is 0 Å². The Bertz CT molecular complexity index is 592. The molecule has 0 aromatic heterocycles. The van der Waals surface area contributed by atoms with Gasteiger partial charge in [0.25, 0.3) is 5.91 Å². The van der Waals surface area contributed by atoms with E-state index in [9.17, 15) is 9.59 Å². The number of amides is 1. The Labute approximate surface area is 106 Å². The fraction of sp³-hybridized carbons (Fsp3) is 0.133. The van der Waals surface area contributed by atoms with Crippen LogP contribution in [0.1, 0.15) is 24.2 Å². The average Bonchev–Trinajstić information content (AvgIpc) is 2.40. The lowest BCUT2D eigenvalue weighted by atomic mass is 9.97. The van der Waals surface area contributed by atoms with Gasteiger partial charge in [0.1, 0.15) is 0 Å². The molecule has 0 saturated carbocycles. The Morgan fingerprint density at radius 3 is 2.33 bits per heavy atom. The van der Waals surface area contributed by atoms with Crippen molar-refractivity contribution >= 4 is 17.4 Å². The summed E-state index contributed by atoms with van der Waals surface area (Å²) in [6.07, 6.45) is 3.03. The van der Waals surface area contributed by atoms with E-state index < -0.39 is 0 Å². The average molecular weight is 239 g/mol. The first-order valence-electron chi connectivity index (χ1n) is 5.68. The van der Waals surface area contributed by atoms with Crippen LogP contribution in [0.4, 0.5) is 0 Å². The number of aliphatic imine (C=N–C) groups is 1. The molecule has 0 N–H and O–H groups in total. The summed E-state index contributed by atoms with van der Waals surface area (Å²) < 4.78 is 0. The molecule has 1 aliphatic carbocycles. The van der Waals surface area contributed by atoms with Gasteiger partial charge in [-0.3, -0.25) is 9.59 Å². The standard InChI is InChI=1S/C15H13NO2/c1-10-11(2)14(17)9-8-13(10)16-15(18)12-6-4-3-5-7-12/h3-9H,1-2H3. The largest absolute Gasteiger partial charge is 0.290 e. The topological polar surface area (TPSA) is 46.5 Å². The number of allylic oxidation sites excluding steroid dienone is 4. The van der Waals surface area contributed by atoms with E-state index in [0.29, 0.717) is 16.8 Å². The third-order valence-electron chi connectivity index (χ3n) is 2.95. The molecule has 0 saturated heterocycles. The fourth-order valence-electron chi connectivity index (χ4n) is 1.66. The SMILES string of the molecule is CC1=C(C)C(=NC(=O)c2ccccc2)C=CC1=O. The molecule has 0 radical (unpaired) electrons. The van der Waals surface area contributed by atoms with Gasteiger partial charge in [-0.05, 0) is 43.7 Å². The van der Waals surface area contributed by atoms with Crippen LogP contribution in [0.5, 0.6) is 0 Å². The number of benzene rings is 1. The van der Waals surface area contributed by atoms with Crippen molar-refractivity contribution in [1.82, 2.24) is 0 Å². The predicted octanol–water partition coefficient (Wildman–Crippen LogP) is 2.74. The zero-order chi connectivity index (χ0) is 13.1. The molecule has 1 amide bonds. The van der Waals surface area contributed by atoms with E-state index in [0.717, 1.165) is 5.57 Å². The van der Waals surface area contributed by atoms with Gasteiger partial charge in [0.2, 0.25) is 0 Å². The van der Waals surface area contributed by atoms with Crippen molar-refractivity contribution in [3.63, 3.8) is 0 Å². The highest BCUT2D eigenvalue weighted by molar-refractivity contribution is 6.24. The van der Waals surface area contributed by atoms with Crippen LogP contribution in [0, 0.1) is 0 Å². The van der Waals surface area contributed by atoms with Crippen molar-refractivity contribution < 1.29 is 9.59 Å². The second-order valence-electron chi connectivity index (χ2n) is 4.12. The van der Waals surface area contributed by atoms with Gasteiger partial charge in [-0.15, -0.1) is 0 Å². The predicted molar refractivity (Wildman–Crippen MR) is 70.7 cm³/mol. The molecule has 1 aromatic carbocycles. The van der Waals surface area contributed by atoms with Crippen molar-refractivity contribution in [1.29, 1.82) is 0 Å². The van der Waals surface area contributed by atoms with Crippen molar-refractivity contribution in [2.24, 2.45) is 4.99 Å². The second-order valence-corrected chi connectivity index (χ2v) is 4.12. The zero-order valence-electron chi connectivity index (χ0n) is 10.3. The molecule has 0 heterocycles. The Kier molecular flexibility index (Phi) is 3.33. The number of carbonyl (C=O) groups excluding carboxylic acids is 2. The van der Waals surface area contributed by atoms with Gasteiger partial charge in [0.05, 0.1) is 5.71 Å². The van der Waals surface area contributed by atoms with E-state index in [-0.39, 0.29) is 11.7 Å². The monoisotopic (exact) mass is 239 g/mol. The fourth-order valence-corrected chi connectivity index (χ4v) is 1.66. The van der Waals surface area contributed by atoms with Crippen molar-refractivity contribution in [2.75, 3.05) is 0 Å². The molecule has 2 rings (SSSR count). The Balaban J connectivity index is 2.33. The van der Waals surface area contributed by atoms with Crippen LogP contribution in [0.15, 0.2) is 58.6 Å². The van der Waals surface area contributed by atoms with Crippen molar-refractivity contribution in [2.45, 2.75) is 13.8 Å². The summed E-state index contributed by atoms with van der Waals surface area (Å²) >= 11 is 0. The third kappa shape index (κ3) is 2.35. The minimum absolute atomic E-state index is 0.0291. The molecule has 3 heteroatoms. The maximum Gasteiger partial charge on any atom is 0.277 e. The normalized spacial score (nSPS) is 17.4. The minimum Gasteiger partial charge on any atom is -0.290 e. The van der Waals surface area contributed by atoms with E-state index in [1.165, 1.54) is 6.08 Å². The van der Waals surface area contributed by atoms with Crippen LogP contribution >= 0.6 is 0 Å². The van der Waals surface area contributed by atoms with Gasteiger partial charge in [-0.25, -0.2) is 4.99 Å². The highest BCUT2D eigenvalue weighted by Gasteiger charge is 2.15. The van der Waals surface area contributed by atoms with Gasteiger partial charge < -0.3 is 0 Å². The maximum atomic E-state index is 11.9. The number of rotatable bonds is 1. The summed E-state index contributed by atoms with van der Waals surface area (Å²) in [7, 11) is 0. The van der Waals surface area contributed by atoms with Crippen LogP contribution in [0.25, 0.3) is 0 Å². The smallest absolute Gasteiger partial charge is 0.277 e. The molecule has 1 aromatic rings. The Morgan fingerprint density at radius 1 is 1.00 bits per heavy atom. The lowest BCUT2D eigenvalue weighted by Gasteiger charge is -2.10. The number of ketones is 1. The third-order valence-corrected chi connectivity index (χ3v) is 2.95. The lowest BCUT2D eigenvalue weighted by molar-refractivity contribution is -0.111. The van der Waals surface area contributed by atoms with E-state index in [1.54, 1.807) is 44.2 Å². The molecular formula is C15H13NO2. The minimum atomic E-state index is -0.295. The highest BCUT2D eigenvalue weighted by atomic mass is 16.1. The van der Waals surface area contributed by atoms with Crippen molar-refractivity contribution in [3.8, 4) is 0 Å². The van der Waals surface area contributed by atoms with E-state index in [1.807, 2.05) is 6.07 Å². The second kappa shape index (κ2) is 4.92. The van der Waals surface area contributed by atoms with Gasteiger partial charge in [0, 0.05) is 11.1 Å². The summed E-state index contributed by atoms with van der Waals surface area (Å²) in [5.74, 6) is -0.324. The summed E-state index contributed by atoms with van der Waals surface area (Å²) in [6, 6.07) is 8.87. The molecule has 0 fully saturated rings. The van der Waals surface area contributed by atoms with Gasteiger partial charge in [-0.2, -0.15) is 0 Å². The molecule has 0 bridgehead atoms. The Hall–Kier alpha value is -2.29. The quantitative estimate of drug-likeness (QED) is 0.707. The van der Waals surface area contributed by atoms with Gasteiger partial charge >= 0.3 is 0 Å². The number of hydrogen-bond acceptors (Lipinski definition) is 2. The van der Waals surface area contributed by atoms with Gasteiger partial charge in [0.15, 0.2) is 5.78 Å². The number of hydrogen-bond donors (Lipinski definition) is 0. The molecule has 0 unspecified atom stereocenters. The molecule has 1 aliphatic rings. The van der Waals surface area contributed by atoms with Crippen LogP contribution in [-0.4, -0.2) is 17.4 Å². The van der Waals surface area contributed by atoms with Crippen LogP contribution in [0.2, 0.25) is 0 Å². The molecule has 3 nitrogen and oxygen atoms in total. The number of nitrogens with zero attached hydrogens (tertiary/aromatic N) is 1. The van der Waals surface area contributed by atoms with Crippen LogP contribution < -0.4 is 0 Å². The van der Waals surface area contributed by atoms with E-state index >= 15 is 0 Å². The number of carbonyl (C=O) groups is 2. The van der Waals surface area contributed by atoms with Crippen LogP contribution in [-0.2, 0) is 4.79 Å². The summed E-state index contributed by atoms with van der Waals surface area (Å²) in [6.45, 7) is 3.54.